The first kappa shape index (κ1) is 17.9. The van der Waals surface area contributed by atoms with E-state index in [-0.39, 0.29) is 0 Å². The number of hydrogen-bond donors (Lipinski definition) is 0. The number of aromatic nitrogens is 3. The topological polar surface area (TPSA) is 41.9 Å². The number of hydrogen-bond acceptors (Lipinski definition) is 6. The van der Waals surface area contributed by atoms with Crippen molar-refractivity contribution in [2.24, 2.45) is 0 Å². The van der Waals surface area contributed by atoms with E-state index in [9.17, 15) is 0 Å². The van der Waals surface area contributed by atoms with Gasteiger partial charge >= 0.3 is 0 Å². The van der Waals surface area contributed by atoms with E-state index in [2.05, 4.69) is 38.4 Å². The second-order valence-electron chi connectivity index (χ2n) is 6.76. The van der Waals surface area contributed by atoms with Crippen LogP contribution in [0.25, 0.3) is 21.3 Å². The van der Waals surface area contributed by atoms with E-state index in [1.165, 1.54) is 16.8 Å². The molecule has 0 saturated carbocycles. The normalized spacial score (nSPS) is 14.2. The van der Waals surface area contributed by atoms with Crippen molar-refractivity contribution in [3.05, 3.63) is 75.3 Å². The Bertz CT molecular complexity index is 1090. The molecule has 1 aliphatic rings. The average Bonchev–Trinajstić information content (AvgIpc) is 3.40. The van der Waals surface area contributed by atoms with Gasteiger partial charge in [0.25, 0.3) is 0 Å². The molecular weight excluding hydrogens is 408 g/mol. The summed E-state index contributed by atoms with van der Waals surface area (Å²) in [5.74, 6) is 0.843. The standard InChI is InChI=1S/C21H17ClN4S2/c22-20-6-5-18(28-20)17-4-3-14(10-23-17)12-26-8-7-16-15(13-26)11-24-21(25-16)19-2-1-9-27-19/h1-6,9-11H,7-8,12-13H2. The van der Waals surface area contributed by atoms with Gasteiger partial charge in [0.05, 0.1) is 25.5 Å². The lowest BCUT2D eigenvalue weighted by molar-refractivity contribution is 0.242. The monoisotopic (exact) mass is 424 g/mol. The van der Waals surface area contributed by atoms with Crippen LogP contribution >= 0.6 is 34.3 Å². The molecular formula is C21H17ClN4S2. The summed E-state index contributed by atoms with van der Waals surface area (Å²) in [5, 5.41) is 2.06. The van der Waals surface area contributed by atoms with E-state index in [4.69, 9.17) is 16.6 Å². The molecule has 0 amide bonds. The molecule has 0 fully saturated rings. The summed E-state index contributed by atoms with van der Waals surface area (Å²) in [6, 6.07) is 12.3. The Morgan fingerprint density at radius 2 is 2.00 bits per heavy atom. The van der Waals surface area contributed by atoms with Crippen LogP contribution in [0.5, 0.6) is 0 Å². The van der Waals surface area contributed by atoms with Gasteiger partial charge in [-0.3, -0.25) is 9.88 Å². The molecule has 0 N–H and O–H groups in total. The molecule has 0 aliphatic carbocycles. The van der Waals surface area contributed by atoms with E-state index in [0.717, 1.165) is 51.7 Å². The molecule has 0 atom stereocenters. The minimum Gasteiger partial charge on any atom is -0.294 e. The molecule has 0 unspecified atom stereocenters. The quantitative estimate of drug-likeness (QED) is 0.431. The molecule has 4 nitrogen and oxygen atoms in total. The van der Waals surface area contributed by atoms with Crippen LogP contribution < -0.4 is 0 Å². The first-order valence-corrected chi connectivity index (χ1v) is 11.1. The SMILES string of the molecule is Clc1ccc(-c2ccc(CN3CCc4nc(-c5cccs5)ncc4C3)cn2)s1. The maximum Gasteiger partial charge on any atom is 0.169 e. The van der Waals surface area contributed by atoms with Gasteiger partial charge in [-0.05, 0) is 35.2 Å². The first-order chi connectivity index (χ1) is 13.7. The van der Waals surface area contributed by atoms with Gasteiger partial charge in [0.2, 0.25) is 0 Å². The summed E-state index contributed by atoms with van der Waals surface area (Å²) in [6.45, 7) is 2.75. The molecule has 0 spiro atoms. The lowest BCUT2D eigenvalue weighted by Gasteiger charge is -2.28. The minimum atomic E-state index is 0.789. The molecule has 4 aromatic heterocycles. The van der Waals surface area contributed by atoms with Crippen molar-refractivity contribution in [2.45, 2.75) is 19.5 Å². The molecule has 0 bridgehead atoms. The van der Waals surface area contributed by atoms with Crippen LogP contribution in [0, 0.1) is 0 Å². The van der Waals surface area contributed by atoms with Crippen LogP contribution in [-0.4, -0.2) is 26.4 Å². The molecule has 5 heterocycles. The third-order valence-electron chi connectivity index (χ3n) is 4.81. The molecule has 0 aromatic carbocycles. The van der Waals surface area contributed by atoms with Gasteiger partial charge in [-0.1, -0.05) is 23.7 Å². The maximum atomic E-state index is 6.02. The first-order valence-electron chi connectivity index (χ1n) is 9.06. The summed E-state index contributed by atoms with van der Waals surface area (Å²) in [5.41, 5.74) is 4.59. The predicted octanol–water partition coefficient (Wildman–Crippen LogP) is 5.54. The van der Waals surface area contributed by atoms with Crippen LogP contribution in [0.1, 0.15) is 16.8 Å². The van der Waals surface area contributed by atoms with Crippen molar-refractivity contribution < 1.29 is 0 Å². The molecule has 0 saturated heterocycles. The highest BCUT2D eigenvalue weighted by molar-refractivity contribution is 7.19. The fourth-order valence-corrected chi connectivity index (χ4v) is 5.09. The lowest BCUT2D eigenvalue weighted by atomic mass is 10.1. The Morgan fingerprint density at radius 1 is 1.04 bits per heavy atom. The minimum absolute atomic E-state index is 0.789. The third kappa shape index (κ3) is 3.73. The smallest absolute Gasteiger partial charge is 0.169 e. The van der Waals surface area contributed by atoms with Crippen LogP contribution in [0.3, 0.4) is 0 Å². The Balaban J connectivity index is 1.27. The lowest BCUT2D eigenvalue weighted by Crippen LogP contribution is -2.31. The summed E-state index contributed by atoms with van der Waals surface area (Å²) in [7, 11) is 0. The van der Waals surface area contributed by atoms with Crippen LogP contribution in [0.15, 0.2) is 54.2 Å². The van der Waals surface area contributed by atoms with Gasteiger partial charge in [-0.15, -0.1) is 22.7 Å². The number of rotatable bonds is 4. The highest BCUT2D eigenvalue weighted by Gasteiger charge is 2.19. The van der Waals surface area contributed by atoms with Gasteiger partial charge in [-0.2, -0.15) is 0 Å². The highest BCUT2D eigenvalue weighted by atomic mass is 35.5. The van der Waals surface area contributed by atoms with Crippen molar-refractivity contribution in [3.8, 4) is 21.3 Å². The Labute approximate surface area is 176 Å². The van der Waals surface area contributed by atoms with Gasteiger partial charge < -0.3 is 0 Å². The molecule has 140 valence electrons. The number of thiophene rings is 2. The van der Waals surface area contributed by atoms with Gasteiger partial charge in [0.1, 0.15) is 0 Å². The van der Waals surface area contributed by atoms with Gasteiger partial charge in [0.15, 0.2) is 5.82 Å². The van der Waals surface area contributed by atoms with Gasteiger partial charge in [-0.25, -0.2) is 9.97 Å². The highest BCUT2D eigenvalue weighted by Crippen LogP contribution is 2.30. The number of nitrogens with zero attached hydrogens (tertiary/aromatic N) is 4. The number of pyridine rings is 1. The van der Waals surface area contributed by atoms with Crippen LogP contribution in [-0.2, 0) is 19.5 Å². The van der Waals surface area contributed by atoms with Gasteiger partial charge in [0, 0.05) is 44.0 Å². The fourth-order valence-electron chi connectivity index (χ4n) is 3.41. The number of fused-ring (bicyclic) bond motifs is 1. The summed E-state index contributed by atoms with van der Waals surface area (Å²) in [6.07, 6.45) is 4.91. The zero-order valence-electron chi connectivity index (χ0n) is 15.0. The molecule has 1 aliphatic heterocycles. The summed E-state index contributed by atoms with van der Waals surface area (Å²) >= 11 is 9.26. The van der Waals surface area contributed by atoms with E-state index in [0.29, 0.717) is 0 Å². The summed E-state index contributed by atoms with van der Waals surface area (Å²) < 4.78 is 0.789. The molecule has 7 heteroatoms. The Hall–Kier alpha value is -2.12. The molecule has 4 aromatic rings. The van der Waals surface area contributed by atoms with Crippen molar-refractivity contribution in [1.29, 1.82) is 0 Å². The van der Waals surface area contributed by atoms with E-state index >= 15 is 0 Å². The largest absolute Gasteiger partial charge is 0.294 e. The summed E-state index contributed by atoms with van der Waals surface area (Å²) in [4.78, 5) is 18.6. The van der Waals surface area contributed by atoms with Crippen molar-refractivity contribution in [3.63, 3.8) is 0 Å². The van der Waals surface area contributed by atoms with Crippen LogP contribution in [0.2, 0.25) is 4.34 Å². The third-order valence-corrected chi connectivity index (χ3v) is 6.93. The zero-order chi connectivity index (χ0) is 18.9. The Kier molecular flexibility index (Phi) is 4.94. The Morgan fingerprint density at radius 3 is 2.75 bits per heavy atom. The van der Waals surface area contributed by atoms with Crippen LogP contribution in [0.4, 0.5) is 0 Å². The molecule has 5 rings (SSSR count). The van der Waals surface area contributed by atoms with E-state index in [1.54, 1.807) is 22.7 Å². The zero-order valence-corrected chi connectivity index (χ0v) is 17.4. The second-order valence-corrected chi connectivity index (χ2v) is 9.42. The van der Waals surface area contributed by atoms with Crippen molar-refractivity contribution in [1.82, 2.24) is 19.9 Å². The maximum absolute atomic E-state index is 6.02. The van der Waals surface area contributed by atoms with E-state index in [1.807, 2.05) is 30.6 Å². The molecule has 28 heavy (non-hydrogen) atoms. The molecule has 0 radical (unpaired) electrons. The average molecular weight is 425 g/mol. The van der Waals surface area contributed by atoms with Crippen molar-refractivity contribution >= 4 is 34.3 Å². The van der Waals surface area contributed by atoms with E-state index < -0.39 is 0 Å². The number of halogens is 1. The fraction of sp³-hybridized carbons (Fsp3) is 0.190. The second kappa shape index (κ2) is 7.72. The predicted molar refractivity (Wildman–Crippen MR) is 116 cm³/mol. The van der Waals surface area contributed by atoms with Crippen molar-refractivity contribution in [2.75, 3.05) is 6.54 Å².